The Morgan fingerprint density at radius 1 is 1.03 bits per heavy atom. The fourth-order valence-electron chi connectivity index (χ4n) is 3.21. The van der Waals surface area contributed by atoms with Gasteiger partial charge in [-0.3, -0.25) is 9.59 Å². The molecule has 3 rings (SSSR count). The summed E-state index contributed by atoms with van der Waals surface area (Å²) in [7, 11) is 0. The Kier molecular flexibility index (Phi) is 7.49. The molecule has 1 heterocycles. The molecule has 0 radical (unpaired) electrons. The van der Waals surface area contributed by atoms with E-state index in [4.69, 9.17) is 4.42 Å². The minimum Gasteiger partial charge on any atom is -0.454 e. The Morgan fingerprint density at radius 3 is 2.45 bits per heavy atom. The van der Waals surface area contributed by atoms with E-state index >= 15 is 0 Å². The highest BCUT2D eigenvalue weighted by Crippen LogP contribution is 2.29. The van der Waals surface area contributed by atoms with Crippen molar-refractivity contribution in [2.75, 3.05) is 36.5 Å². The van der Waals surface area contributed by atoms with Gasteiger partial charge in [-0.2, -0.15) is 0 Å². The smallest absolute Gasteiger partial charge is 0.234 e. The number of hydrogen-bond donors (Lipinski definition) is 2. The lowest BCUT2D eigenvalue weighted by Crippen LogP contribution is -3.11. The highest BCUT2D eigenvalue weighted by atomic mass is 32.2. The van der Waals surface area contributed by atoms with Gasteiger partial charge < -0.3 is 14.6 Å². The Hall–Kier alpha value is -2.57. The number of nitrogens with one attached hydrogen (secondary N) is 2. The molecule has 2 N–H and O–H groups in total. The lowest BCUT2D eigenvalue weighted by molar-refractivity contribution is -0.893. The first-order chi connectivity index (χ1) is 14.1. The van der Waals surface area contributed by atoms with Crippen molar-refractivity contribution in [1.29, 1.82) is 0 Å². The van der Waals surface area contributed by atoms with Crippen LogP contribution in [0, 0.1) is 0 Å². The van der Waals surface area contributed by atoms with Gasteiger partial charge >= 0.3 is 0 Å². The molecular weight excluding hydrogens is 384 g/mol. The third-order valence-electron chi connectivity index (χ3n) is 4.93. The standard InChI is InChI=1S/C23H26N2O3S/c1-3-25(4-2)14-15-29-16-20(26)24-21-22(27)18-12-8-9-13-19(18)28-23(21)17-10-6-5-7-11-17/h5-13H,3-4,14-16H2,1-2H3,(H,24,26)/p+1. The number of quaternary nitrogens is 1. The lowest BCUT2D eigenvalue weighted by atomic mass is 10.1. The average Bonchev–Trinajstić information content (AvgIpc) is 2.76. The molecule has 3 aromatic rings. The summed E-state index contributed by atoms with van der Waals surface area (Å²) in [5, 5.41) is 3.27. The maximum Gasteiger partial charge on any atom is 0.234 e. The fourth-order valence-corrected chi connectivity index (χ4v) is 4.04. The number of anilines is 1. The molecule has 0 unspecified atom stereocenters. The second-order valence-electron chi connectivity index (χ2n) is 6.81. The van der Waals surface area contributed by atoms with Crippen LogP contribution in [0.3, 0.4) is 0 Å². The van der Waals surface area contributed by atoms with E-state index in [0.29, 0.717) is 22.5 Å². The molecule has 5 nitrogen and oxygen atoms in total. The van der Waals surface area contributed by atoms with Crippen molar-refractivity contribution < 1.29 is 14.1 Å². The zero-order chi connectivity index (χ0) is 20.6. The highest BCUT2D eigenvalue weighted by Gasteiger charge is 2.18. The summed E-state index contributed by atoms with van der Waals surface area (Å²) in [5.41, 5.74) is 1.24. The third-order valence-corrected chi connectivity index (χ3v) is 5.89. The van der Waals surface area contributed by atoms with Crippen LogP contribution in [0.4, 0.5) is 5.69 Å². The molecule has 29 heavy (non-hydrogen) atoms. The third kappa shape index (κ3) is 5.28. The molecule has 0 atom stereocenters. The molecule has 0 saturated carbocycles. The second-order valence-corrected chi connectivity index (χ2v) is 7.91. The normalized spacial score (nSPS) is 11.1. The Labute approximate surface area is 175 Å². The molecule has 0 aliphatic rings. The molecule has 2 aromatic carbocycles. The number of carbonyl (C=O) groups is 1. The predicted octanol–water partition coefficient (Wildman–Crippen LogP) is 3.06. The van der Waals surface area contributed by atoms with E-state index in [0.717, 1.165) is 31.0 Å². The summed E-state index contributed by atoms with van der Waals surface area (Å²) >= 11 is 1.59. The molecule has 1 amide bonds. The van der Waals surface area contributed by atoms with Crippen LogP contribution >= 0.6 is 11.8 Å². The van der Waals surface area contributed by atoms with Gasteiger partial charge in [-0.15, -0.1) is 11.8 Å². The zero-order valence-electron chi connectivity index (χ0n) is 16.9. The van der Waals surface area contributed by atoms with Crippen LogP contribution in [-0.2, 0) is 4.79 Å². The van der Waals surface area contributed by atoms with Crippen molar-refractivity contribution >= 4 is 34.3 Å². The summed E-state index contributed by atoms with van der Waals surface area (Å²) in [5.74, 6) is 1.41. The van der Waals surface area contributed by atoms with Gasteiger partial charge in [0.1, 0.15) is 11.3 Å². The van der Waals surface area contributed by atoms with Crippen LogP contribution in [-0.4, -0.2) is 37.0 Å². The van der Waals surface area contributed by atoms with Crippen LogP contribution in [0.15, 0.2) is 63.8 Å². The van der Waals surface area contributed by atoms with Crippen molar-refractivity contribution in [1.82, 2.24) is 0 Å². The number of carbonyl (C=O) groups excluding carboxylic acids is 1. The molecule has 0 bridgehead atoms. The summed E-state index contributed by atoms with van der Waals surface area (Å²) in [4.78, 5) is 27.1. The summed E-state index contributed by atoms with van der Waals surface area (Å²) in [6.45, 7) is 7.53. The van der Waals surface area contributed by atoms with E-state index in [2.05, 4.69) is 19.2 Å². The van der Waals surface area contributed by atoms with Gasteiger partial charge in [-0.25, -0.2) is 0 Å². The topological polar surface area (TPSA) is 63.8 Å². The first kappa shape index (κ1) is 21.1. The van der Waals surface area contributed by atoms with Crippen LogP contribution in [0.2, 0.25) is 0 Å². The second kappa shape index (κ2) is 10.3. The largest absolute Gasteiger partial charge is 0.454 e. The van der Waals surface area contributed by atoms with Crippen LogP contribution in [0.5, 0.6) is 0 Å². The van der Waals surface area contributed by atoms with E-state index in [9.17, 15) is 9.59 Å². The van der Waals surface area contributed by atoms with E-state index in [-0.39, 0.29) is 17.0 Å². The van der Waals surface area contributed by atoms with Crippen molar-refractivity contribution in [2.24, 2.45) is 0 Å². The Balaban J connectivity index is 1.81. The average molecular weight is 412 g/mol. The first-order valence-corrected chi connectivity index (χ1v) is 11.1. The van der Waals surface area contributed by atoms with E-state index in [1.165, 1.54) is 4.90 Å². The number of fused-ring (bicyclic) bond motifs is 1. The van der Waals surface area contributed by atoms with Gasteiger partial charge in [-0.05, 0) is 26.0 Å². The van der Waals surface area contributed by atoms with Crippen molar-refractivity contribution in [2.45, 2.75) is 13.8 Å². The number of para-hydroxylation sites is 1. The molecule has 152 valence electrons. The van der Waals surface area contributed by atoms with Gasteiger partial charge in [-0.1, -0.05) is 42.5 Å². The molecule has 0 spiro atoms. The molecule has 0 aliphatic carbocycles. The quantitative estimate of drug-likeness (QED) is 0.531. The maximum atomic E-state index is 13.1. The highest BCUT2D eigenvalue weighted by molar-refractivity contribution is 7.99. The molecule has 0 saturated heterocycles. The number of benzene rings is 2. The lowest BCUT2D eigenvalue weighted by Gasteiger charge is -2.15. The zero-order valence-corrected chi connectivity index (χ0v) is 17.7. The molecular formula is C23H27N2O3S+. The Morgan fingerprint density at radius 2 is 1.72 bits per heavy atom. The van der Waals surface area contributed by atoms with Gasteiger partial charge in [0.2, 0.25) is 11.3 Å². The molecule has 6 heteroatoms. The van der Waals surface area contributed by atoms with Gasteiger partial charge in [0.05, 0.1) is 30.8 Å². The fraction of sp³-hybridized carbons (Fsp3) is 0.304. The van der Waals surface area contributed by atoms with Crippen molar-refractivity contribution in [3.8, 4) is 11.3 Å². The van der Waals surface area contributed by atoms with Crippen LogP contribution in [0.25, 0.3) is 22.3 Å². The monoisotopic (exact) mass is 411 g/mol. The predicted molar refractivity (Wildman–Crippen MR) is 121 cm³/mol. The minimum atomic E-state index is -0.225. The van der Waals surface area contributed by atoms with E-state index < -0.39 is 0 Å². The summed E-state index contributed by atoms with van der Waals surface area (Å²) in [6.07, 6.45) is 0. The first-order valence-electron chi connectivity index (χ1n) is 9.96. The number of hydrogen-bond acceptors (Lipinski definition) is 4. The van der Waals surface area contributed by atoms with E-state index in [1.54, 1.807) is 30.0 Å². The summed E-state index contributed by atoms with van der Waals surface area (Å²) in [6, 6.07) is 16.5. The van der Waals surface area contributed by atoms with Crippen molar-refractivity contribution in [3.05, 3.63) is 64.8 Å². The Bertz CT molecular complexity index is 1010. The number of rotatable bonds is 9. The van der Waals surface area contributed by atoms with Gasteiger partial charge in [0, 0.05) is 11.3 Å². The van der Waals surface area contributed by atoms with Gasteiger partial charge in [0.15, 0.2) is 5.76 Å². The molecule has 0 fully saturated rings. The summed E-state index contributed by atoms with van der Waals surface area (Å²) < 4.78 is 6.02. The minimum absolute atomic E-state index is 0.190. The van der Waals surface area contributed by atoms with Crippen LogP contribution < -0.4 is 15.6 Å². The van der Waals surface area contributed by atoms with Crippen molar-refractivity contribution in [3.63, 3.8) is 0 Å². The number of amides is 1. The molecule has 1 aromatic heterocycles. The maximum absolute atomic E-state index is 13.1. The van der Waals surface area contributed by atoms with Gasteiger partial charge in [0.25, 0.3) is 0 Å². The SMILES string of the molecule is CC[NH+](CC)CCSCC(=O)Nc1c(-c2ccccc2)oc2ccccc2c1=O. The number of thioether (sulfide) groups is 1. The van der Waals surface area contributed by atoms with E-state index in [1.807, 2.05) is 36.4 Å². The molecule has 0 aliphatic heterocycles. The van der Waals surface area contributed by atoms with Crippen LogP contribution in [0.1, 0.15) is 13.8 Å².